The Labute approximate surface area is 203 Å². The second kappa shape index (κ2) is 9.35. The van der Waals surface area contributed by atoms with Crippen molar-refractivity contribution in [3.8, 4) is 11.3 Å². The first-order chi connectivity index (χ1) is 16.5. The molecular weight excluding hydrogens is 471 g/mol. The van der Waals surface area contributed by atoms with Crippen molar-refractivity contribution in [1.29, 1.82) is 0 Å². The molecule has 0 aliphatic heterocycles. The van der Waals surface area contributed by atoms with Gasteiger partial charge in [0.15, 0.2) is 0 Å². The minimum atomic E-state index is -3.96. The molecule has 35 heavy (non-hydrogen) atoms. The summed E-state index contributed by atoms with van der Waals surface area (Å²) in [5.74, 6) is -0.895. The number of nitrogens with one attached hydrogen (secondary N) is 1. The normalized spacial score (nSPS) is 14.3. The van der Waals surface area contributed by atoms with Gasteiger partial charge in [-0.1, -0.05) is 12.1 Å². The van der Waals surface area contributed by atoms with Crippen LogP contribution in [0.1, 0.15) is 48.1 Å². The molecule has 8 nitrogen and oxygen atoms in total. The van der Waals surface area contributed by atoms with Crippen LogP contribution >= 0.6 is 0 Å². The van der Waals surface area contributed by atoms with Crippen LogP contribution in [0.3, 0.4) is 0 Å². The Morgan fingerprint density at radius 2 is 1.77 bits per heavy atom. The smallest absolute Gasteiger partial charge is 0.271 e. The average molecular weight is 499 g/mol. The van der Waals surface area contributed by atoms with E-state index in [1.54, 1.807) is 32.9 Å². The van der Waals surface area contributed by atoms with Crippen molar-refractivity contribution in [1.82, 2.24) is 9.78 Å². The molecule has 1 aromatic heterocycles. The van der Waals surface area contributed by atoms with Gasteiger partial charge < -0.3 is 5.32 Å². The van der Waals surface area contributed by atoms with E-state index >= 15 is 0 Å². The van der Waals surface area contributed by atoms with Crippen molar-refractivity contribution in [2.45, 2.75) is 57.4 Å². The van der Waals surface area contributed by atoms with Crippen LogP contribution in [0.2, 0.25) is 0 Å². The van der Waals surface area contributed by atoms with Gasteiger partial charge in [-0.3, -0.25) is 9.59 Å². The molecule has 0 radical (unpaired) electrons. The minimum Gasteiger partial charge on any atom is -0.324 e. The van der Waals surface area contributed by atoms with Gasteiger partial charge in [-0.05, 0) is 87.4 Å². The van der Waals surface area contributed by atoms with Gasteiger partial charge in [-0.25, -0.2) is 22.6 Å². The molecule has 1 atom stereocenters. The monoisotopic (exact) mass is 498 g/mol. The summed E-state index contributed by atoms with van der Waals surface area (Å²) in [5.41, 5.74) is 3.45. The highest BCUT2D eigenvalue weighted by Gasteiger charge is 2.26. The molecule has 3 aromatic rings. The van der Waals surface area contributed by atoms with Gasteiger partial charge >= 0.3 is 0 Å². The number of sulfonamides is 1. The summed E-state index contributed by atoms with van der Waals surface area (Å²) in [6, 6.07) is 7.89. The predicted molar refractivity (Wildman–Crippen MR) is 131 cm³/mol. The van der Waals surface area contributed by atoms with Gasteiger partial charge in [-0.15, -0.1) is 0 Å². The third-order valence-electron chi connectivity index (χ3n) is 6.39. The zero-order valence-electron chi connectivity index (χ0n) is 19.8. The lowest BCUT2D eigenvalue weighted by Gasteiger charge is -2.23. The van der Waals surface area contributed by atoms with E-state index in [0.717, 1.165) is 23.1 Å². The summed E-state index contributed by atoms with van der Waals surface area (Å²) < 4.78 is 38.8. The molecule has 3 N–H and O–H groups in total. The molecule has 1 heterocycles. The van der Waals surface area contributed by atoms with Crippen molar-refractivity contribution >= 4 is 21.6 Å². The first kappa shape index (κ1) is 24.7. The zero-order valence-corrected chi connectivity index (χ0v) is 20.6. The van der Waals surface area contributed by atoms with Crippen molar-refractivity contribution < 1.29 is 17.6 Å². The molecular formula is C25H27FN4O4S. The van der Waals surface area contributed by atoms with Crippen LogP contribution in [0.4, 0.5) is 10.1 Å². The number of amides is 1. The Kier molecular flexibility index (Phi) is 6.61. The number of carbonyl (C=O) groups is 1. The quantitative estimate of drug-likeness (QED) is 0.558. The highest BCUT2D eigenvalue weighted by Crippen LogP contribution is 2.31. The molecule has 2 aromatic carbocycles. The maximum atomic E-state index is 13.4. The molecule has 0 fully saturated rings. The number of primary sulfonamides is 1. The fraction of sp³-hybridized carbons (Fsp3) is 0.320. The molecule has 1 aliphatic rings. The van der Waals surface area contributed by atoms with Crippen LogP contribution in [-0.2, 0) is 27.7 Å². The standard InChI is InChI=1S/C25H27FN4O4S/c1-14-8-9-17(13-22(14)35(27,33)34)23-19-6-4-5-7-20(19)25(32)30(29-23)16(3)24(31)28-21-11-10-18(26)12-15(21)2/h8-13,16H,4-7H2,1-3H3,(H,28,31)(H2,27,33,34)/t16-/m1/s1. The lowest BCUT2D eigenvalue weighted by atomic mass is 9.89. The molecule has 0 bridgehead atoms. The van der Waals surface area contributed by atoms with Crippen molar-refractivity contribution in [2.75, 3.05) is 5.32 Å². The molecule has 4 rings (SSSR count). The van der Waals surface area contributed by atoms with E-state index < -0.39 is 27.8 Å². The third-order valence-corrected chi connectivity index (χ3v) is 7.44. The van der Waals surface area contributed by atoms with Gasteiger partial charge in [0.05, 0.1) is 10.6 Å². The molecule has 0 unspecified atom stereocenters. The van der Waals surface area contributed by atoms with Gasteiger partial charge in [0, 0.05) is 16.8 Å². The Bertz CT molecular complexity index is 1500. The summed E-state index contributed by atoms with van der Waals surface area (Å²) in [6.45, 7) is 4.88. The first-order valence-corrected chi connectivity index (χ1v) is 12.9. The predicted octanol–water partition coefficient (Wildman–Crippen LogP) is 3.39. The number of benzene rings is 2. The zero-order chi connectivity index (χ0) is 25.5. The SMILES string of the molecule is Cc1cc(F)ccc1NC(=O)[C@@H](C)n1nc(-c2ccc(C)c(S(N)(=O)=O)c2)c2c(c1=O)CCCC2. The first-order valence-electron chi connectivity index (χ1n) is 11.3. The Morgan fingerprint density at radius 3 is 2.43 bits per heavy atom. The summed E-state index contributed by atoms with van der Waals surface area (Å²) in [7, 11) is -3.96. The maximum absolute atomic E-state index is 13.4. The van der Waals surface area contributed by atoms with E-state index in [4.69, 9.17) is 5.14 Å². The van der Waals surface area contributed by atoms with Gasteiger partial charge in [0.25, 0.3) is 5.56 Å². The largest absolute Gasteiger partial charge is 0.324 e. The van der Waals surface area contributed by atoms with Crippen molar-refractivity contribution in [3.05, 3.63) is 74.8 Å². The molecule has 0 saturated heterocycles. The highest BCUT2D eigenvalue weighted by molar-refractivity contribution is 7.89. The number of nitrogens with two attached hydrogens (primary N) is 1. The third kappa shape index (κ3) is 4.89. The fourth-order valence-corrected chi connectivity index (χ4v) is 5.23. The summed E-state index contributed by atoms with van der Waals surface area (Å²) in [4.78, 5) is 26.4. The number of carbonyl (C=O) groups excluding carboxylic acids is 1. The van der Waals surface area contributed by atoms with Crippen molar-refractivity contribution in [2.24, 2.45) is 5.14 Å². The molecule has 184 valence electrons. The number of aryl methyl sites for hydroxylation is 2. The molecule has 10 heteroatoms. The van der Waals surface area contributed by atoms with Gasteiger partial charge in [0.2, 0.25) is 15.9 Å². The number of fused-ring (bicyclic) bond motifs is 1. The van der Waals surface area contributed by atoms with Gasteiger partial charge in [-0.2, -0.15) is 5.10 Å². The minimum absolute atomic E-state index is 0.0170. The van der Waals surface area contributed by atoms with Crippen LogP contribution in [0, 0.1) is 19.7 Å². The average Bonchev–Trinajstić information content (AvgIpc) is 2.80. The van der Waals surface area contributed by atoms with Crippen LogP contribution < -0.4 is 16.0 Å². The number of halogens is 1. The van der Waals surface area contributed by atoms with E-state index in [1.165, 1.54) is 24.3 Å². The van der Waals surface area contributed by atoms with Gasteiger partial charge in [0.1, 0.15) is 11.9 Å². The topological polar surface area (TPSA) is 124 Å². The summed E-state index contributed by atoms with van der Waals surface area (Å²) in [5, 5.41) is 12.7. The van der Waals surface area contributed by atoms with E-state index in [0.29, 0.717) is 46.5 Å². The number of anilines is 1. The maximum Gasteiger partial charge on any atom is 0.271 e. The molecule has 0 spiro atoms. The summed E-state index contributed by atoms with van der Waals surface area (Å²) >= 11 is 0. The molecule has 0 saturated carbocycles. The Morgan fingerprint density at radius 1 is 1.09 bits per heavy atom. The fourth-order valence-electron chi connectivity index (χ4n) is 4.42. The lowest BCUT2D eigenvalue weighted by Crippen LogP contribution is -2.37. The Hall–Kier alpha value is -3.37. The number of hydrogen-bond acceptors (Lipinski definition) is 5. The van der Waals surface area contributed by atoms with E-state index in [9.17, 15) is 22.4 Å². The second-order valence-electron chi connectivity index (χ2n) is 8.91. The van der Waals surface area contributed by atoms with Crippen LogP contribution in [0.5, 0.6) is 0 Å². The van der Waals surface area contributed by atoms with E-state index in [2.05, 4.69) is 10.4 Å². The molecule has 1 amide bonds. The lowest BCUT2D eigenvalue weighted by molar-refractivity contribution is -0.119. The Balaban J connectivity index is 1.82. The number of aromatic nitrogens is 2. The number of nitrogens with zero attached hydrogens (tertiary/aromatic N) is 2. The highest BCUT2D eigenvalue weighted by atomic mass is 32.2. The number of rotatable bonds is 5. The van der Waals surface area contributed by atoms with E-state index in [1.807, 2.05) is 0 Å². The van der Waals surface area contributed by atoms with Crippen LogP contribution in [-0.4, -0.2) is 24.1 Å². The van der Waals surface area contributed by atoms with Crippen LogP contribution in [0.15, 0.2) is 46.1 Å². The second-order valence-corrected chi connectivity index (χ2v) is 10.4. The van der Waals surface area contributed by atoms with Crippen LogP contribution in [0.25, 0.3) is 11.3 Å². The van der Waals surface area contributed by atoms with Crippen molar-refractivity contribution in [3.63, 3.8) is 0 Å². The number of hydrogen-bond donors (Lipinski definition) is 2. The van der Waals surface area contributed by atoms with E-state index in [-0.39, 0.29) is 10.5 Å². The molecule has 1 aliphatic carbocycles. The summed E-state index contributed by atoms with van der Waals surface area (Å²) in [6.07, 6.45) is 2.88.